The summed E-state index contributed by atoms with van der Waals surface area (Å²) in [5.41, 5.74) is 7.98. The van der Waals surface area contributed by atoms with Crippen LogP contribution in [0.25, 0.3) is 10.9 Å². The Balaban J connectivity index is 2.03. The number of hydrogen-bond acceptors (Lipinski definition) is 5. The van der Waals surface area contributed by atoms with Gasteiger partial charge in [0, 0.05) is 40.9 Å². The van der Waals surface area contributed by atoms with E-state index < -0.39 is 0 Å². The molecule has 5 nitrogen and oxygen atoms in total. The molecule has 0 aliphatic rings. The molecule has 3 heterocycles. The SMILES string of the molecule is CC(N)c1csc(C(=O)c2c[nH]c3ccncc23)n1. The van der Waals surface area contributed by atoms with Crippen molar-refractivity contribution in [1.82, 2.24) is 15.0 Å². The maximum atomic E-state index is 12.4. The van der Waals surface area contributed by atoms with E-state index >= 15 is 0 Å². The molecule has 1 atom stereocenters. The van der Waals surface area contributed by atoms with Crippen LogP contribution in [0.2, 0.25) is 0 Å². The quantitative estimate of drug-likeness (QED) is 0.716. The van der Waals surface area contributed by atoms with E-state index in [0.29, 0.717) is 10.6 Å². The lowest BCUT2D eigenvalue weighted by molar-refractivity contribution is 0.103. The highest BCUT2D eigenvalue weighted by Gasteiger charge is 2.18. The van der Waals surface area contributed by atoms with Gasteiger partial charge in [0.1, 0.15) is 0 Å². The normalized spacial score (nSPS) is 12.7. The largest absolute Gasteiger partial charge is 0.360 e. The fourth-order valence-electron chi connectivity index (χ4n) is 1.87. The standard InChI is InChI=1S/C13H12N4OS/c1-7(14)11-6-19-13(17-11)12(18)9-5-16-10-2-3-15-4-8(9)10/h2-7,16H,14H2,1H3. The van der Waals surface area contributed by atoms with Crippen molar-refractivity contribution in [2.24, 2.45) is 5.73 Å². The number of fused-ring (bicyclic) bond motifs is 1. The molecule has 0 aliphatic carbocycles. The van der Waals surface area contributed by atoms with Gasteiger partial charge in [-0.05, 0) is 13.0 Å². The van der Waals surface area contributed by atoms with Crippen molar-refractivity contribution < 1.29 is 4.79 Å². The van der Waals surface area contributed by atoms with E-state index in [-0.39, 0.29) is 11.8 Å². The van der Waals surface area contributed by atoms with Crippen molar-refractivity contribution in [3.8, 4) is 0 Å². The summed E-state index contributed by atoms with van der Waals surface area (Å²) in [6.07, 6.45) is 5.06. The highest BCUT2D eigenvalue weighted by molar-refractivity contribution is 7.12. The van der Waals surface area contributed by atoms with E-state index in [0.717, 1.165) is 16.6 Å². The number of H-pyrrole nitrogens is 1. The first-order valence-corrected chi connectivity index (χ1v) is 6.71. The molecule has 3 rings (SSSR count). The van der Waals surface area contributed by atoms with Crippen LogP contribution in [-0.4, -0.2) is 20.7 Å². The molecule has 96 valence electrons. The molecule has 0 spiro atoms. The van der Waals surface area contributed by atoms with Gasteiger partial charge in [-0.1, -0.05) is 0 Å². The summed E-state index contributed by atoms with van der Waals surface area (Å²) in [6, 6.07) is 1.67. The molecular weight excluding hydrogens is 260 g/mol. The summed E-state index contributed by atoms with van der Waals surface area (Å²) in [6.45, 7) is 1.85. The molecule has 0 saturated carbocycles. The van der Waals surface area contributed by atoms with Crippen molar-refractivity contribution in [3.63, 3.8) is 0 Å². The number of rotatable bonds is 3. The zero-order valence-electron chi connectivity index (χ0n) is 10.3. The van der Waals surface area contributed by atoms with Gasteiger partial charge in [-0.25, -0.2) is 4.98 Å². The van der Waals surface area contributed by atoms with Crippen LogP contribution < -0.4 is 5.73 Å². The Morgan fingerprint density at radius 1 is 1.53 bits per heavy atom. The molecule has 3 aromatic rings. The minimum atomic E-state index is -0.164. The molecule has 1 unspecified atom stereocenters. The molecule has 3 N–H and O–H groups in total. The van der Waals surface area contributed by atoms with Crippen LogP contribution in [0, 0.1) is 0 Å². The molecule has 0 radical (unpaired) electrons. The Kier molecular flexibility index (Phi) is 2.88. The third-order valence-electron chi connectivity index (χ3n) is 2.91. The van der Waals surface area contributed by atoms with Gasteiger partial charge in [0.25, 0.3) is 0 Å². The summed E-state index contributed by atoms with van der Waals surface area (Å²) in [5.74, 6) is -0.101. The van der Waals surface area contributed by atoms with Gasteiger partial charge in [-0.2, -0.15) is 0 Å². The second-order valence-corrected chi connectivity index (χ2v) is 5.18. The Labute approximate surface area is 113 Å². The maximum Gasteiger partial charge on any atom is 0.223 e. The number of aromatic nitrogens is 3. The van der Waals surface area contributed by atoms with Crippen molar-refractivity contribution in [2.75, 3.05) is 0 Å². The van der Waals surface area contributed by atoms with Gasteiger partial charge in [0.05, 0.1) is 11.3 Å². The first-order chi connectivity index (χ1) is 9.16. The molecule has 0 fully saturated rings. The second-order valence-electron chi connectivity index (χ2n) is 4.32. The molecule has 3 aromatic heterocycles. The minimum Gasteiger partial charge on any atom is -0.360 e. The summed E-state index contributed by atoms with van der Waals surface area (Å²) in [5, 5.41) is 3.09. The summed E-state index contributed by atoms with van der Waals surface area (Å²) in [7, 11) is 0. The predicted molar refractivity (Wildman–Crippen MR) is 74.2 cm³/mol. The predicted octanol–water partition coefficient (Wildman–Crippen LogP) is 2.27. The third-order valence-corrected chi connectivity index (χ3v) is 3.77. The summed E-state index contributed by atoms with van der Waals surface area (Å²) >= 11 is 1.32. The highest BCUT2D eigenvalue weighted by Crippen LogP contribution is 2.23. The first kappa shape index (κ1) is 12.0. The number of carbonyl (C=O) groups is 1. The lowest BCUT2D eigenvalue weighted by Crippen LogP contribution is -2.06. The Bertz CT molecular complexity index is 744. The second kappa shape index (κ2) is 4.56. The van der Waals surface area contributed by atoms with Crippen LogP contribution in [0.3, 0.4) is 0 Å². The number of pyridine rings is 1. The molecule has 0 amide bonds. The van der Waals surface area contributed by atoms with Crippen LogP contribution in [0.5, 0.6) is 0 Å². The molecule has 6 heteroatoms. The smallest absolute Gasteiger partial charge is 0.223 e. The summed E-state index contributed by atoms with van der Waals surface area (Å²) in [4.78, 5) is 23.8. The van der Waals surface area contributed by atoms with Crippen molar-refractivity contribution >= 4 is 28.0 Å². The van der Waals surface area contributed by atoms with Crippen molar-refractivity contribution in [2.45, 2.75) is 13.0 Å². The van der Waals surface area contributed by atoms with Gasteiger partial charge in [-0.3, -0.25) is 9.78 Å². The number of hydrogen-bond donors (Lipinski definition) is 2. The van der Waals surface area contributed by atoms with Crippen molar-refractivity contribution in [3.05, 3.63) is 46.3 Å². The van der Waals surface area contributed by atoms with E-state index in [1.807, 2.05) is 18.4 Å². The van der Waals surface area contributed by atoms with Gasteiger partial charge < -0.3 is 10.7 Å². The molecule has 19 heavy (non-hydrogen) atoms. The Morgan fingerprint density at radius 3 is 3.11 bits per heavy atom. The fraction of sp³-hybridized carbons (Fsp3) is 0.154. The van der Waals surface area contributed by atoms with Crippen LogP contribution in [0.4, 0.5) is 0 Å². The molecule has 0 aliphatic heterocycles. The number of ketones is 1. The average Bonchev–Trinajstić information content (AvgIpc) is 3.05. The zero-order chi connectivity index (χ0) is 13.4. The number of thiazole rings is 1. The first-order valence-electron chi connectivity index (χ1n) is 5.83. The fourth-order valence-corrected chi connectivity index (χ4v) is 2.74. The van der Waals surface area contributed by atoms with Crippen LogP contribution in [0.1, 0.15) is 34.0 Å². The van der Waals surface area contributed by atoms with Gasteiger partial charge in [-0.15, -0.1) is 11.3 Å². The number of nitrogens with one attached hydrogen (secondary N) is 1. The lowest BCUT2D eigenvalue weighted by atomic mass is 10.1. The maximum absolute atomic E-state index is 12.4. The van der Waals surface area contributed by atoms with E-state index in [9.17, 15) is 4.79 Å². The zero-order valence-corrected chi connectivity index (χ0v) is 11.1. The number of nitrogens with two attached hydrogens (primary N) is 1. The van der Waals surface area contributed by atoms with Crippen LogP contribution in [0.15, 0.2) is 30.0 Å². The van der Waals surface area contributed by atoms with Gasteiger partial charge >= 0.3 is 0 Å². The molecule has 0 bridgehead atoms. The molecule has 0 aromatic carbocycles. The monoisotopic (exact) mass is 272 g/mol. The van der Waals surface area contributed by atoms with E-state index in [1.54, 1.807) is 18.6 Å². The van der Waals surface area contributed by atoms with Gasteiger partial charge in [0.2, 0.25) is 5.78 Å². The average molecular weight is 272 g/mol. The van der Waals surface area contributed by atoms with E-state index in [2.05, 4.69) is 15.0 Å². The van der Waals surface area contributed by atoms with Gasteiger partial charge in [0.15, 0.2) is 5.01 Å². The van der Waals surface area contributed by atoms with E-state index in [1.165, 1.54) is 11.3 Å². The molecule has 0 saturated heterocycles. The summed E-state index contributed by atoms with van der Waals surface area (Å²) < 4.78 is 0. The molecular formula is C13H12N4OS. The van der Waals surface area contributed by atoms with E-state index in [4.69, 9.17) is 5.73 Å². The number of nitrogens with zero attached hydrogens (tertiary/aromatic N) is 2. The topological polar surface area (TPSA) is 84.7 Å². The van der Waals surface area contributed by atoms with Crippen LogP contribution >= 0.6 is 11.3 Å². The Hall–Kier alpha value is -2.05. The van der Waals surface area contributed by atoms with Crippen molar-refractivity contribution in [1.29, 1.82) is 0 Å². The van der Waals surface area contributed by atoms with Crippen LogP contribution in [-0.2, 0) is 0 Å². The highest BCUT2D eigenvalue weighted by atomic mass is 32.1. The minimum absolute atomic E-state index is 0.101. The number of carbonyl (C=O) groups excluding carboxylic acids is 1. The third kappa shape index (κ3) is 2.05. The Morgan fingerprint density at radius 2 is 2.37 bits per heavy atom. The number of aromatic amines is 1. The lowest BCUT2D eigenvalue weighted by Gasteiger charge is -1.98.